The molecule has 0 aliphatic carbocycles. The van der Waals surface area contributed by atoms with Crippen LogP contribution in [0.4, 0.5) is 10.2 Å². The van der Waals surface area contributed by atoms with E-state index in [0.717, 1.165) is 10.3 Å². The third kappa shape index (κ3) is 2.98. The lowest BCUT2D eigenvalue weighted by Crippen LogP contribution is -2.21. The quantitative estimate of drug-likeness (QED) is 0.833. The maximum atomic E-state index is 13.6. The summed E-state index contributed by atoms with van der Waals surface area (Å²) in [6.07, 6.45) is 0. The van der Waals surface area contributed by atoms with E-state index in [1.54, 1.807) is 6.07 Å². The lowest BCUT2D eigenvalue weighted by Gasteiger charge is -2.22. The van der Waals surface area contributed by atoms with Crippen LogP contribution in [0.25, 0.3) is 11.3 Å². The molecule has 0 fully saturated rings. The third-order valence-electron chi connectivity index (χ3n) is 3.32. The summed E-state index contributed by atoms with van der Waals surface area (Å²) in [7, 11) is 0. The fraction of sp³-hybridized carbons (Fsp3) is 0.438. The average molecular weight is 354 g/mol. The average Bonchev–Trinajstić information content (AvgIpc) is 2.70. The van der Waals surface area contributed by atoms with Crippen LogP contribution in [0.2, 0.25) is 0 Å². The molecule has 3 nitrogen and oxygen atoms in total. The monoisotopic (exact) mass is 353 g/mol. The second kappa shape index (κ2) is 5.44. The van der Waals surface area contributed by atoms with Gasteiger partial charge in [0, 0.05) is 21.5 Å². The minimum Gasteiger partial charge on any atom is -0.383 e. The zero-order valence-electron chi connectivity index (χ0n) is 13.0. The summed E-state index contributed by atoms with van der Waals surface area (Å²) in [5, 5.41) is 0. The first-order valence-corrected chi connectivity index (χ1v) is 7.75. The summed E-state index contributed by atoms with van der Waals surface area (Å²) in [6.45, 7) is 10.4. The summed E-state index contributed by atoms with van der Waals surface area (Å²) >= 11 is 3.45. The highest BCUT2D eigenvalue weighted by Gasteiger charge is 2.27. The van der Waals surface area contributed by atoms with Gasteiger partial charge in [-0.15, -0.1) is 0 Å². The number of nitrogens with two attached hydrogens (primary N) is 1. The summed E-state index contributed by atoms with van der Waals surface area (Å²) in [4.78, 5) is 4.72. The van der Waals surface area contributed by atoms with E-state index in [-0.39, 0.29) is 17.3 Å². The minimum atomic E-state index is -0.302. The Balaban J connectivity index is 2.74. The number of anilines is 1. The minimum absolute atomic E-state index is 0.142. The normalized spacial score (nSPS) is 12.2. The fourth-order valence-electron chi connectivity index (χ4n) is 2.37. The summed E-state index contributed by atoms with van der Waals surface area (Å²) in [5.41, 5.74) is 7.47. The predicted molar refractivity (Wildman–Crippen MR) is 88.8 cm³/mol. The van der Waals surface area contributed by atoms with Gasteiger partial charge in [0.2, 0.25) is 0 Å². The van der Waals surface area contributed by atoms with Crippen LogP contribution >= 0.6 is 15.9 Å². The van der Waals surface area contributed by atoms with Crippen LogP contribution in [-0.2, 0) is 5.41 Å². The molecule has 0 saturated heterocycles. The zero-order chi connectivity index (χ0) is 15.9. The molecule has 0 atom stereocenters. The van der Waals surface area contributed by atoms with Gasteiger partial charge in [-0.1, -0.05) is 36.7 Å². The van der Waals surface area contributed by atoms with E-state index in [9.17, 15) is 4.39 Å². The van der Waals surface area contributed by atoms with Crippen LogP contribution in [0, 0.1) is 5.82 Å². The molecule has 5 heteroatoms. The molecule has 2 aromatic rings. The number of hydrogen-bond donors (Lipinski definition) is 1. The Kier molecular flexibility index (Phi) is 4.15. The van der Waals surface area contributed by atoms with Gasteiger partial charge in [0.1, 0.15) is 23.2 Å². The van der Waals surface area contributed by atoms with E-state index in [1.165, 1.54) is 12.1 Å². The van der Waals surface area contributed by atoms with Gasteiger partial charge >= 0.3 is 0 Å². The topological polar surface area (TPSA) is 43.8 Å². The first-order valence-electron chi connectivity index (χ1n) is 6.96. The van der Waals surface area contributed by atoms with Crippen LogP contribution in [0.1, 0.15) is 46.5 Å². The number of nitrogen functional groups attached to an aromatic ring is 1. The summed E-state index contributed by atoms with van der Waals surface area (Å²) in [6, 6.07) is 4.73. The fourth-order valence-corrected chi connectivity index (χ4v) is 2.81. The molecule has 0 aliphatic rings. The number of hydrogen-bond acceptors (Lipinski definition) is 2. The van der Waals surface area contributed by atoms with Crippen molar-refractivity contribution in [3.63, 3.8) is 0 Å². The summed E-state index contributed by atoms with van der Waals surface area (Å²) < 4.78 is 16.4. The van der Waals surface area contributed by atoms with Crippen molar-refractivity contribution in [1.82, 2.24) is 9.55 Å². The highest BCUT2D eigenvalue weighted by Crippen LogP contribution is 2.37. The SMILES string of the molecule is CC(C)n1c(C(C)(C)C)nc(-c2cc(F)ccc2Br)c1N. The van der Waals surface area contributed by atoms with Crippen molar-refractivity contribution < 1.29 is 4.39 Å². The molecule has 1 aromatic carbocycles. The largest absolute Gasteiger partial charge is 0.383 e. The van der Waals surface area contributed by atoms with E-state index in [2.05, 4.69) is 50.5 Å². The van der Waals surface area contributed by atoms with Gasteiger partial charge in [-0.3, -0.25) is 0 Å². The lowest BCUT2D eigenvalue weighted by atomic mass is 9.95. The Morgan fingerprint density at radius 2 is 1.90 bits per heavy atom. The molecule has 0 unspecified atom stereocenters. The van der Waals surface area contributed by atoms with Crippen molar-refractivity contribution in [2.75, 3.05) is 5.73 Å². The maximum absolute atomic E-state index is 13.6. The molecule has 1 heterocycles. The van der Waals surface area contributed by atoms with E-state index in [0.29, 0.717) is 17.1 Å². The molecule has 2 rings (SSSR count). The van der Waals surface area contributed by atoms with Crippen molar-refractivity contribution in [1.29, 1.82) is 0 Å². The van der Waals surface area contributed by atoms with Crippen molar-refractivity contribution in [3.05, 3.63) is 34.3 Å². The third-order valence-corrected chi connectivity index (χ3v) is 4.01. The first kappa shape index (κ1) is 16.0. The molecule has 0 aliphatic heterocycles. The van der Waals surface area contributed by atoms with Crippen LogP contribution in [0.3, 0.4) is 0 Å². The standard InChI is InChI=1S/C16H21BrFN3/c1-9(2)21-14(19)13(20-15(21)16(3,4)5)11-8-10(18)6-7-12(11)17/h6-9H,19H2,1-5H3. The molecule has 0 saturated carbocycles. The molecular formula is C16H21BrFN3. The highest BCUT2D eigenvalue weighted by atomic mass is 79.9. The molecule has 21 heavy (non-hydrogen) atoms. The van der Waals surface area contributed by atoms with Crippen LogP contribution in [0.15, 0.2) is 22.7 Å². The molecular weight excluding hydrogens is 333 g/mol. The number of aromatic nitrogens is 2. The molecule has 0 radical (unpaired) electrons. The van der Waals surface area contributed by atoms with Crippen molar-refractivity contribution in [3.8, 4) is 11.3 Å². The Labute approximate surface area is 133 Å². The smallest absolute Gasteiger partial charge is 0.132 e. The summed E-state index contributed by atoms with van der Waals surface area (Å²) in [5.74, 6) is 1.17. The molecule has 1 aromatic heterocycles. The molecule has 114 valence electrons. The lowest BCUT2D eigenvalue weighted by molar-refractivity contribution is 0.473. The Morgan fingerprint density at radius 1 is 1.29 bits per heavy atom. The molecule has 0 amide bonds. The molecule has 0 bridgehead atoms. The molecule has 0 spiro atoms. The van der Waals surface area contributed by atoms with Crippen molar-refractivity contribution in [2.45, 2.75) is 46.1 Å². The highest BCUT2D eigenvalue weighted by molar-refractivity contribution is 9.10. The van der Waals surface area contributed by atoms with Crippen LogP contribution in [0.5, 0.6) is 0 Å². The van der Waals surface area contributed by atoms with Crippen LogP contribution < -0.4 is 5.73 Å². The first-order chi connectivity index (χ1) is 9.62. The number of rotatable bonds is 2. The van der Waals surface area contributed by atoms with Crippen molar-refractivity contribution >= 4 is 21.7 Å². The van der Waals surface area contributed by atoms with Gasteiger partial charge in [0.15, 0.2) is 0 Å². The number of halogens is 2. The van der Waals surface area contributed by atoms with Gasteiger partial charge in [-0.05, 0) is 32.0 Å². The number of benzene rings is 1. The van der Waals surface area contributed by atoms with Crippen LogP contribution in [-0.4, -0.2) is 9.55 Å². The second-order valence-electron chi connectivity index (χ2n) is 6.51. The van der Waals surface area contributed by atoms with Gasteiger partial charge < -0.3 is 10.3 Å². The van der Waals surface area contributed by atoms with Gasteiger partial charge in [0.25, 0.3) is 0 Å². The van der Waals surface area contributed by atoms with Gasteiger partial charge in [-0.2, -0.15) is 0 Å². The van der Waals surface area contributed by atoms with E-state index in [4.69, 9.17) is 10.7 Å². The maximum Gasteiger partial charge on any atom is 0.132 e. The number of imidazole rings is 1. The zero-order valence-corrected chi connectivity index (χ0v) is 14.6. The molecule has 2 N–H and O–H groups in total. The Hall–Kier alpha value is -1.36. The van der Waals surface area contributed by atoms with Gasteiger partial charge in [0.05, 0.1) is 0 Å². The Morgan fingerprint density at radius 3 is 2.38 bits per heavy atom. The van der Waals surface area contributed by atoms with E-state index < -0.39 is 0 Å². The van der Waals surface area contributed by atoms with Gasteiger partial charge in [-0.25, -0.2) is 9.37 Å². The predicted octanol–water partition coefficient (Wildman–Crippen LogP) is 4.91. The number of nitrogens with zero attached hydrogens (tertiary/aromatic N) is 2. The van der Waals surface area contributed by atoms with E-state index >= 15 is 0 Å². The van der Waals surface area contributed by atoms with Crippen molar-refractivity contribution in [2.24, 2.45) is 0 Å². The Bertz CT molecular complexity index is 669. The second-order valence-corrected chi connectivity index (χ2v) is 7.36. The van der Waals surface area contributed by atoms with E-state index in [1.807, 2.05) is 4.57 Å².